The third-order valence-corrected chi connectivity index (χ3v) is 3.36. The van der Waals surface area contributed by atoms with Gasteiger partial charge in [-0.25, -0.2) is 0 Å². The molecular weight excluding hydrogens is 305 g/mol. The third-order valence-electron chi connectivity index (χ3n) is 2.62. The zero-order valence-electron chi connectivity index (χ0n) is 11.1. The summed E-state index contributed by atoms with van der Waals surface area (Å²) in [6, 6.07) is 5.23. The molecule has 21 heavy (non-hydrogen) atoms. The molecule has 0 amide bonds. The molecule has 0 unspecified atom stereocenters. The van der Waals surface area contributed by atoms with Crippen LogP contribution in [0.2, 0.25) is 0 Å². The van der Waals surface area contributed by atoms with Gasteiger partial charge in [0.2, 0.25) is 5.78 Å². The van der Waals surface area contributed by atoms with Gasteiger partial charge in [0.05, 0.1) is 11.3 Å². The molecule has 0 saturated carbocycles. The van der Waals surface area contributed by atoms with Crippen LogP contribution in [0.5, 0.6) is 5.75 Å². The van der Waals surface area contributed by atoms with Crippen LogP contribution in [-0.2, 0) is 0 Å². The van der Waals surface area contributed by atoms with Gasteiger partial charge in [-0.1, -0.05) is 30.5 Å². The lowest BCUT2D eigenvalue weighted by Crippen LogP contribution is -2.19. The van der Waals surface area contributed by atoms with Gasteiger partial charge in [-0.2, -0.15) is 0 Å². The maximum Gasteiger partial charge on any atom is 0.573 e. The van der Waals surface area contributed by atoms with Crippen molar-refractivity contribution in [3.05, 3.63) is 40.4 Å². The molecule has 1 aromatic heterocycles. The number of para-hydroxylation sites is 1. The van der Waals surface area contributed by atoms with Crippen LogP contribution in [0.1, 0.15) is 40.7 Å². The molecule has 0 aliphatic heterocycles. The van der Waals surface area contributed by atoms with Crippen molar-refractivity contribution in [1.82, 2.24) is 9.59 Å². The van der Waals surface area contributed by atoms with Crippen LogP contribution >= 0.6 is 11.5 Å². The van der Waals surface area contributed by atoms with Crippen molar-refractivity contribution in [2.75, 3.05) is 0 Å². The van der Waals surface area contributed by atoms with E-state index >= 15 is 0 Å². The average molecular weight is 316 g/mol. The van der Waals surface area contributed by atoms with Gasteiger partial charge >= 0.3 is 6.36 Å². The summed E-state index contributed by atoms with van der Waals surface area (Å²) in [5.74, 6) is -1.16. The van der Waals surface area contributed by atoms with E-state index in [2.05, 4.69) is 14.3 Å². The Hall–Kier alpha value is -1.96. The highest BCUT2D eigenvalue weighted by atomic mass is 32.1. The van der Waals surface area contributed by atoms with Gasteiger partial charge < -0.3 is 4.74 Å². The minimum Gasteiger partial charge on any atom is -0.405 e. The molecule has 8 heteroatoms. The number of hydrogen-bond acceptors (Lipinski definition) is 5. The summed E-state index contributed by atoms with van der Waals surface area (Å²) < 4.78 is 44.7. The van der Waals surface area contributed by atoms with E-state index in [0.717, 1.165) is 17.6 Å². The number of halogens is 3. The molecule has 2 aromatic rings. The Kier molecular flexibility index (Phi) is 4.26. The summed E-state index contributed by atoms with van der Waals surface area (Å²) in [6.45, 7) is 3.65. The topological polar surface area (TPSA) is 52.1 Å². The Balaban J connectivity index is 2.42. The Morgan fingerprint density at radius 2 is 1.95 bits per heavy atom. The summed E-state index contributed by atoms with van der Waals surface area (Å²) in [7, 11) is 0. The Bertz CT molecular complexity index is 653. The fraction of sp³-hybridized carbons (Fsp3) is 0.308. The summed E-state index contributed by atoms with van der Waals surface area (Å²) in [6.07, 6.45) is -4.86. The first kappa shape index (κ1) is 15.4. The molecule has 0 aliphatic rings. The zero-order valence-corrected chi connectivity index (χ0v) is 12.0. The van der Waals surface area contributed by atoms with Gasteiger partial charge in [0, 0.05) is 0 Å². The number of aromatic nitrogens is 2. The van der Waals surface area contributed by atoms with E-state index in [9.17, 15) is 18.0 Å². The standard InChI is InChI=1S/C13H11F3N2O2S/c1-7(2)10-12(21-18-17-10)11(19)8-5-3-4-6-9(8)20-13(14,15)16/h3-7H,1-2H3. The number of ketones is 1. The second-order valence-corrected chi connectivity index (χ2v) is 5.27. The van der Waals surface area contributed by atoms with Crippen molar-refractivity contribution >= 4 is 17.3 Å². The Labute approximate surface area is 122 Å². The van der Waals surface area contributed by atoms with E-state index < -0.39 is 17.9 Å². The maximum atomic E-state index is 12.4. The highest BCUT2D eigenvalue weighted by Crippen LogP contribution is 2.30. The molecule has 0 bridgehead atoms. The number of ether oxygens (including phenoxy) is 1. The number of nitrogens with zero attached hydrogens (tertiary/aromatic N) is 2. The normalized spacial score (nSPS) is 11.7. The first-order valence-corrected chi connectivity index (χ1v) is 6.78. The van der Waals surface area contributed by atoms with Crippen molar-refractivity contribution in [3.63, 3.8) is 0 Å². The molecular formula is C13H11F3N2O2S. The number of hydrogen-bond donors (Lipinski definition) is 0. The van der Waals surface area contributed by atoms with E-state index in [1.165, 1.54) is 18.2 Å². The summed E-state index contributed by atoms with van der Waals surface area (Å²) in [5.41, 5.74) is 0.301. The quantitative estimate of drug-likeness (QED) is 0.805. The molecule has 112 valence electrons. The van der Waals surface area contributed by atoms with E-state index in [1.807, 2.05) is 13.8 Å². The molecule has 2 rings (SSSR count). The van der Waals surface area contributed by atoms with Gasteiger partial charge in [-0.05, 0) is 29.6 Å². The van der Waals surface area contributed by atoms with Gasteiger partial charge in [0.1, 0.15) is 10.6 Å². The molecule has 0 aliphatic carbocycles. The van der Waals surface area contributed by atoms with Crippen molar-refractivity contribution in [2.45, 2.75) is 26.1 Å². The monoisotopic (exact) mass is 316 g/mol. The fourth-order valence-corrected chi connectivity index (χ4v) is 2.50. The third kappa shape index (κ3) is 3.57. The van der Waals surface area contributed by atoms with Crippen LogP contribution in [-0.4, -0.2) is 21.7 Å². The van der Waals surface area contributed by atoms with Crippen LogP contribution in [0.3, 0.4) is 0 Å². The second-order valence-electron chi connectivity index (χ2n) is 4.52. The van der Waals surface area contributed by atoms with E-state index in [1.54, 1.807) is 0 Å². The second kappa shape index (κ2) is 5.80. The van der Waals surface area contributed by atoms with Crippen LogP contribution < -0.4 is 4.74 Å². The molecule has 0 spiro atoms. The molecule has 4 nitrogen and oxygen atoms in total. The van der Waals surface area contributed by atoms with Gasteiger partial charge in [-0.3, -0.25) is 4.79 Å². The van der Waals surface area contributed by atoms with Crippen molar-refractivity contribution in [2.24, 2.45) is 0 Å². The van der Waals surface area contributed by atoms with Crippen LogP contribution in [0.4, 0.5) is 13.2 Å². The van der Waals surface area contributed by atoms with Crippen LogP contribution in [0.25, 0.3) is 0 Å². The largest absolute Gasteiger partial charge is 0.573 e. The van der Waals surface area contributed by atoms with Gasteiger partial charge in [0.25, 0.3) is 0 Å². The van der Waals surface area contributed by atoms with Crippen LogP contribution in [0.15, 0.2) is 24.3 Å². The summed E-state index contributed by atoms with van der Waals surface area (Å²) in [5, 5.41) is 3.85. The minimum atomic E-state index is -4.86. The summed E-state index contributed by atoms with van der Waals surface area (Å²) >= 11 is 0.860. The number of alkyl halides is 3. The molecule has 0 saturated heterocycles. The van der Waals surface area contributed by atoms with E-state index in [-0.39, 0.29) is 16.4 Å². The number of benzene rings is 1. The van der Waals surface area contributed by atoms with Crippen molar-refractivity contribution in [1.29, 1.82) is 0 Å². The molecule has 0 N–H and O–H groups in total. The smallest absolute Gasteiger partial charge is 0.405 e. The first-order chi connectivity index (χ1) is 9.79. The molecule has 1 heterocycles. The Morgan fingerprint density at radius 1 is 1.29 bits per heavy atom. The number of carbonyl (C=O) groups is 1. The lowest BCUT2D eigenvalue weighted by Gasteiger charge is -2.12. The maximum absolute atomic E-state index is 12.4. The predicted octanol–water partition coefficient (Wildman–Crippen LogP) is 3.79. The number of carbonyl (C=O) groups excluding carboxylic acids is 1. The predicted molar refractivity (Wildman–Crippen MR) is 70.6 cm³/mol. The average Bonchev–Trinajstić information content (AvgIpc) is 2.86. The highest BCUT2D eigenvalue weighted by molar-refractivity contribution is 7.08. The molecule has 0 radical (unpaired) electrons. The fourth-order valence-electron chi connectivity index (χ4n) is 1.72. The van der Waals surface area contributed by atoms with Gasteiger partial charge in [0.15, 0.2) is 0 Å². The molecule has 0 atom stereocenters. The Morgan fingerprint density at radius 3 is 2.57 bits per heavy atom. The lowest BCUT2D eigenvalue weighted by molar-refractivity contribution is -0.274. The molecule has 0 fully saturated rings. The SMILES string of the molecule is CC(C)c1nnsc1C(=O)c1ccccc1OC(F)(F)F. The van der Waals surface area contributed by atoms with E-state index in [4.69, 9.17) is 0 Å². The summed E-state index contributed by atoms with van der Waals surface area (Å²) in [4.78, 5) is 12.6. The number of rotatable bonds is 4. The lowest BCUT2D eigenvalue weighted by atomic mass is 10.0. The van der Waals surface area contributed by atoms with E-state index in [0.29, 0.717) is 5.69 Å². The highest BCUT2D eigenvalue weighted by Gasteiger charge is 2.33. The molecule has 1 aromatic carbocycles. The van der Waals surface area contributed by atoms with Gasteiger partial charge in [-0.15, -0.1) is 18.3 Å². The van der Waals surface area contributed by atoms with Crippen molar-refractivity contribution < 1.29 is 22.7 Å². The van der Waals surface area contributed by atoms with Crippen LogP contribution in [0, 0.1) is 0 Å². The minimum absolute atomic E-state index is 0.0570. The van der Waals surface area contributed by atoms with Crippen molar-refractivity contribution in [3.8, 4) is 5.75 Å². The zero-order chi connectivity index (χ0) is 15.6. The first-order valence-electron chi connectivity index (χ1n) is 6.01.